The number of ether oxygens (including phenoxy) is 2. The molecule has 2 aromatic rings. The Labute approximate surface area is 325 Å². The highest BCUT2D eigenvalue weighted by atomic mass is 35.5. The van der Waals surface area contributed by atoms with Gasteiger partial charge in [0.05, 0.1) is 19.8 Å². The van der Waals surface area contributed by atoms with Crippen molar-refractivity contribution in [2.45, 2.75) is 70.8 Å². The number of halogens is 1. The van der Waals surface area contributed by atoms with Crippen molar-refractivity contribution >= 4 is 58.8 Å². The number of alkyl halides is 1. The van der Waals surface area contributed by atoms with Crippen LogP contribution in [-0.4, -0.2) is 99.8 Å². The van der Waals surface area contributed by atoms with Crippen molar-refractivity contribution in [1.29, 1.82) is 0 Å². The van der Waals surface area contributed by atoms with Crippen LogP contribution in [-0.2, 0) is 35.1 Å². The number of amides is 3. The number of hydrogen-bond acceptors (Lipinski definition) is 8. The van der Waals surface area contributed by atoms with Gasteiger partial charge < -0.3 is 25.0 Å². The predicted octanol–water partition coefficient (Wildman–Crippen LogP) is 5.80. The number of ketones is 1. The van der Waals surface area contributed by atoms with Crippen LogP contribution < -0.4 is 15.5 Å². The fourth-order valence-electron chi connectivity index (χ4n) is 6.36. The molecule has 1 aliphatic heterocycles. The molecule has 4 rings (SSSR count). The van der Waals surface area contributed by atoms with E-state index in [1.165, 1.54) is 4.90 Å². The topological polar surface area (TPSA) is 130 Å². The van der Waals surface area contributed by atoms with Gasteiger partial charge in [-0.05, 0) is 86.4 Å². The second-order valence-corrected chi connectivity index (χ2v) is 14.4. The molecule has 54 heavy (non-hydrogen) atoms. The van der Waals surface area contributed by atoms with Gasteiger partial charge in [0, 0.05) is 57.2 Å². The van der Waals surface area contributed by atoms with E-state index in [9.17, 15) is 19.2 Å². The zero-order valence-corrected chi connectivity index (χ0v) is 32.7. The fourth-order valence-corrected chi connectivity index (χ4v) is 6.55. The second kappa shape index (κ2) is 22.8. The third-order valence-electron chi connectivity index (χ3n) is 9.40. The van der Waals surface area contributed by atoms with Gasteiger partial charge in [0.25, 0.3) is 5.91 Å². The minimum absolute atomic E-state index is 0.0102. The fraction of sp³-hybridized carbons (Fsp3) is 0.500. The third-order valence-corrected chi connectivity index (χ3v) is 9.67. The van der Waals surface area contributed by atoms with E-state index in [1.54, 1.807) is 19.1 Å². The average Bonchev–Trinajstić information content (AvgIpc) is 3.44. The first kappa shape index (κ1) is 42.4. The van der Waals surface area contributed by atoms with Crippen molar-refractivity contribution in [3.63, 3.8) is 0 Å². The van der Waals surface area contributed by atoms with Crippen LogP contribution in [0, 0.1) is 5.92 Å². The molecule has 2 aliphatic rings. The number of rotatable bonds is 22. The number of Topliss-reactive ketones (excluding diaryl/α,β-unsaturated/α-hetero) is 1. The summed E-state index contributed by atoms with van der Waals surface area (Å²) in [6, 6.07) is 15.3. The van der Waals surface area contributed by atoms with Gasteiger partial charge in [-0.25, -0.2) is 4.99 Å². The lowest BCUT2D eigenvalue weighted by Gasteiger charge is -2.29. The van der Waals surface area contributed by atoms with Crippen LogP contribution in [0.3, 0.4) is 0 Å². The van der Waals surface area contributed by atoms with E-state index in [0.29, 0.717) is 70.2 Å². The van der Waals surface area contributed by atoms with Crippen molar-refractivity contribution in [1.82, 2.24) is 15.5 Å². The summed E-state index contributed by atoms with van der Waals surface area (Å²) in [5.41, 5.74) is 3.90. The SMILES string of the molecule is CC(=O)Cc1ccc(/C=C/C2=NC(=C/c3ccc(N(C)C)cc3)/C(=O)N2CC(=O)NC2CCC(C(=O)NCCOCCOCCCCCCCl)CC2)cc1. The molecular weight excluding hydrogens is 706 g/mol. The molecule has 0 aromatic heterocycles. The van der Waals surface area contributed by atoms with E-state index in [1.807, 2.05) is 73.6 Å². The van der Waals surface area contributed by atoms with Crippen LogP contribution in [0.2, 0.25) is 0 Å². The lowest BCUT2D eigenvalue weighted by Crippen LogP contribution is -2.46. The number of amidine groups is 1. The Balaban J connectivity index is 1.25. The highest BCUT2D eigenvalue weighted by Crippen LogP contribution is 2.25. The molecule has 11 nitrogen and oxygen atoms in total. The zero-order chi connectivity index (χ0) is 38.7. The first-order valence-electron chi connectivity index (χ1n) is 19.1. The number of benzene rings is 2. The molecule has 0 bridgehead atoms. The number of hydrogen-bond donors (Lipinski definition) is 2. The molecule has 0 unspecified atom stereocenters. The average molecular weight is 762 g/mol. The maximum atomic E-state index is 13.7. The summed E-state index contributed by atoms with van der Waals surface area (Å²) in [6.45, 7) is 4.01. The van der Waals surface area contributed by atoms with Crippen molar-refractivity contribution in [2.75, 3.05) is 64.4 Å². The lowest BCUT2D eigenvalue weighted by atomic mass is 9.85. The van der Waals surface area contributed by atoms with Crippen LogP contribution >= 0.6 is 11.6 Å². The Morgan fingerprint density at radius 2 is 1.54 bits per heavy atom. The van der Waals surface area contributed by atoms with Gasteiger partial charge in [-0.3, -0.25) is 24.1 Å². The highest BCUT2D eigenvalue weighted by molar-refractivity contribution is 6.19. The standard InChI is InChI=1S/C42H56ClN5O6/c1-31(49)28-33-10-8-32(9-11-33)14-21-39-46-38(29-34-12-19-37(20-13-34)47(2)3)42(52)48(39)30-40(50)45-36-17-15-35(16-18-36)41(51)44-23-25-54-27-26-53-24-7-5-4-6-22-43/h8-14,19-21,29,35-36H,4-7,15-18,22-28,30H2,1-3H3,(H,44,51)(H,45,50)/b21-14+,38-29+. The van der Waals surface area contributed by atoms with Crippen LogP contribution in [0.5, 0.6) is 0 Å². The monoisotopic (exact) mass is 761 g/mol. The molecular formula is C42H56ClN5O6. The van der Waals surface area contributed by atoms with E-state index in [-0.39, 0.29) is 47.7 Å². The van der Waals surface area contributed by atoms with Crippen molar-refractivity contribution < 1.29 is 28.7 Å². The summed E-state index contributed by atoms with van der Waals surface area (Å²) < 4.78 is 11.2. The number of anilines is 1. The van der Waals surface area contributed by atoms with Gasteiger partial charge in [0.15, 0.2) is 0 Å². The Bertz CT molecular complexity index is 1610. The molecule has 0 atom stereocenters. The Kier molecular flexibility index (Phi) is 17.9. The molecule has 2 N–H and O–H groups in total. The maximum absolute atomic E-state index is 13.7. The number of aliphatic imine (C=N–C) groups is 1. The number of nitrogens with zero attached hydrogens (tertiary/aromatic N) is 3. The lowest BCUT2D eigenvalue weighted by molar-refractivity contribution is -0.129. The van der Waals surface area contributed by atoms with E-state index < -0.39 is 0 Å². The van der Waals surface area contributed by atoms with E-state index in [4.69, 9.17) is 21.1 Å². The normalized spacial score (nSPS) is 17.9. The van der Waals surface area contributed by atoms with Gasteiger partial charge in [-0.2, -0.15) is 0 Å². The van der Waals surface area contributed by atoms with Crippen LogP contribution in [0.15, 0.2) is 65.3 Å². The van der Waals surface area contributed by atoms with Crippen LogP contribution in [0.1, 0.15) is 75.0 Å². The van der Waals surface area contributed by atoms with Gasteiger partial charge in [0.2, 0.25) is 11.8 Å². The molecule has 12 heteroatoms. The minimum Gasteiger partial charge on any atom is -0.379 e. The Morgan fingerprint density at radius 3 is 2.20 bits per heavy atom. The van der Waals surface area contributed by atoms with Crippen molar-refractivity contribution in [3.8, 4) is 0 Å². The Hall–Kier alpha value is -4.32. The molecule has 3 amide bonds. The van der Waals surface area contributed by atoms with Crippen molar-refractivity contribution in [2.24, 2.45) is 10.9 Å². The quantitative estimate of drug-likeness (QED) is 0.0882. The first-order chi connectivity index (χ1) is 26.1. The number of nitrogens with one attached hydrogen (secondary N) is 2. The predicted molar refractivity (Wildman–Crippen MR) is 215 cm³/mol. The van der Waals surface area contributed by atoms with Gasteiger partial charge in [-0.1, -0.05) is 55.3 Å². The maximum Gasteiger partial charge on any atom is 0.278 e. The van der Waals surface area contributed by atoms with E-state index >= 15 is 0 Å². The molecule has 0 radical (unpaired) electrons. The molecule has 0 spiro atoms. The van der Waals surface area contributed by atoms with Gasteiger partial charge in [-0.15, -0.1) is 11.6 Å². The van der Waals surface area contributed by atoms with Gasteiger partial charge >= 0.3 is 0 Å². The van der Waals surface area contributed by atoms with Crippen LogP contribution in [0.25, 0.3) is 12.2 Å². The van der Waals surface area contributed by atoms with Crippen LogP contribution in [0.4, 0.5) is 5.69 Å². The Morgan fingerprint density at radius 1 is 0.870 bits per heavy atom. The van der Waals surface area contributed by atoms with Crippen molar-refractivity contribution in [3.05, 3.63) is 77.0 Å². The highest BCUT2D eigenvalue weighted by Gasteiger charge is 2.32. The number of unbranched alkanes of at least 4 members (excludes halogenated alkanes) is 3. The molecule has 1 heterocycles. The molecule has 1 fully saturated rings. The summed E-state index contributed by atoms with van der Waals surface area (Å²) in [6.07, 6.45) is 12.7. The molecule has 292 valence electrons. The zero-order valence-electron chi connectivity index (χ0n) is 32.0. The minimum atomic E-state index is -0.357. The largest absolute Gasteiger partial charge is 0.379 e. The summed E-state index contributed by atoms with van der Waals surface area (Å²) in [5.74, 6) is 0.428. The summed E-state index contributed by atoms with van der Waals surface area (Å²) >= 11 is 5.69. The second-order valence-electron chi connectivity index (χ2n) is 14.1. The smallest absolute Gasteiger partial charge is 0.278 e. The number of carbonyl (C=O) groups is 4. The summed E-state index contributed by atoms with van der Waals surface area (Å²) in [5, 5.41) is 6.06. The molecule has 2 aromatic carbocycles. The van der Waals surface area contributed by atoms with E-state index in [2.05, 4.69) is 15.6 Å². The summed E-state index contributed by atoms with van der Waals surface area (Å²) in [4.78, 5) is 59.3. The molecule has 1 aliphatic carbocycles. The third kappa shape index (κ3) is 14.5. The van der Waals surface area contributed by atoms with E-state index in [0.717, 1.165) is 54.7 Å². The first-order valence-corrected chi connectivity index (χ1v) is 19.6. The molecule has 1 saturated carbocycles. The van der Waals surface area contributed by atoms with Gasteiger partial charge in [0.1, 0.15) is 23.9 Å². The summed E-state index contributed by atoms with van der Waals surface area (Å²) in [7, 11) is 3.93. The molecule has 0 saturated heterocycles. The number of carbonyl (C=O) groups excluding carboxylic acids is 4.